The smallest absolute Gasteiger partial charge is 0.197 e. The molecular formula is CH7N3SSi. The Kier molecular flexibility index (Phi) is 1.49. The third-order valence-corrected chi connectivity index (χ3v) is 2.93. The Balaban J connectivity index is 2.18. The lowest BCUT2D eigenvalue weighted by molar-refractivity contribution is 0.897. The zero-order chi connectivity index (χ0) is 4.41. The van der Waals surface area contributed by atoms with Gasteiger partial charge in [0, 0.05) is 12.1 Å². The number of nitrogens with zero attached hydrogens (tertiary/aromatic N) is 1. The largest absolute Gasteiger partial charge is 0.258 e. The number of hydrogen-bond donors (Lipinski definition) is 2. The molecule has 0 spiro atoms. The predicted octanol–water partition coefficient (Wildman–Crippen LogP) is -1.41. The van der Waals surface area contributed by atoms with Gasteiger partial charge >= 0.3 is 0 Å². The molecule has 0 aromatic carbocycles. The molecule has 36 valence electrons. The van der Waals surface area contributed by atoms with Crippen LogP contribution in [-0.2, 0) is 0 Å². The quantitative estimate of drug-likeness (QED) is 0.304. The SMILES string of the molecule is CN1[SiH2]NNS1. The standard InChI is InChI=1S/CH7N3SSi/c1-4-5-2-3-6-4/h2-3H,6H2,1H3. The molecule has 0 saturated carbocycles. The average molecular weight is 121 g/mol. The summed E-state index contributed by atoms with van der Waals surface area (Å²) in [5.41, 5.74) is 0. The third-order valence-electron chi connectivity index (χ3n) is 0.575. The highest BCUT2D eigenvalue weighted by Crippen LogP contribution is 1.98. The molecule has 1 aliphatic rings. The fraction of sp³-hybridized carbons (Fsp3) is 1.00. The second-order valence-electron chi connectivity index (χ2n) is 1.16. The molecule has 6 heavy (non-hydrogen) atoms. The van der Waals surface area contributed by atoms with Crippen molar-refractivity contribution in [2.24, 2.45) is 0 Å². The number of hydrogen-bond acceptors (Lipinski definition) is 4. The van der Waals surface area contributed by atoms with Gasteiger partial charge < -0.3 is 0 Å². The summed E-state index contributed by atoms with van der Waals surface area (Å²) in [5.74, 6) is 0. The Hall–Kier alpha value is 0.447. The zero-order valence-electron chi connectivity index (χ0n) is 3.56. The molecule has 1 saturated heterocycles. The van der Waals surface area contributed by atoms with Gasteiger partial charge in [-0.1, -0.05) is 0 Å². The van der Waals surface area contributed by atoms with Crippen molar-refractivity contribution in [3.63, 3.8) is 0 Å². The van der Waals surface area contributed by atoms with Gasteiger partial charge in [-0.3, -0.25) is 9.06 Å². The highest BCUT2D eigenvalue weighted by atomic mass is 32.2. The lowest BCUT2D eigenvalue weighted by Crippen LogP contribution is -2.23. The van der Waals surface area contributed by atoms with E-state index < -0.39 is 0 Å². The van der Waals surface area contributed by atoms with Crippen LogP contribution < -0.4 is 9.92 Å². The van der Waals surface area contributed by atoms with E-state index in [4.69, 9.17) is 0 Å². The van der Waals surface area contributed by atoms with Gasteiger partial charge in [-0.05, 0) is 7.05 Å². The summed E-state index contributed by atoms with van der Waals surface area (Å²) in [4.78, 5) is 2.93. The molecule has 2 N–H and O–H groups in total. The molecule has 3 nitrogen and oxygen atoms in total. The molecule has 1 heterocycles. The van der Waals surface area contributed by atoms with Gasteiger partial charge in [0.25, 0.3) is 0 Å². The minimum absolute atomic E-state index is 0.0972. The molecular weight excluding hydrogens is 114 g/mol. The van der Waals surface area contributed by atoms with Crippen LogP contribution in [0.3, 0.4) is 0 Å². The van der Waals surface area contributed by atoms with Crippen molar-refractivity contribution in [1.82, 2.24) is 13.9 Å². The summed E-state index contributed by atoms with van der Waals surface area (Å²) in [7, 11) is 1.98. The summed E-state index contributed by atoms with van der Waals surface area (Å²) in [6, 6.07) is 0. The van der Waals surface area contributed by atoms with Crippen LogP contribution in [0.4, 0.5) is 0 Å². The van der Waals surface area contributed by atoms with E-state index in [-0.39, 0.29) is 9.84 Å². The Bertz CT molecular complexity index is 44.1. The minimum atomic E-state index is -0.0972. The van der Waals surface area contributed by atoms with Gasteiger partial charge in [0.2, 0.25) is 0 Å². The lowest BCUT2D eigenvalue weighted by atomic mass is 11.6. The van der Waals surface area contributed by atoms with E-state index in [0.29, 0.717) is 0 Å². The fourth-order valence-corrected chi connectivity index (χ4v) is 1.83. The number of nitrogens with one attached hydrogen (secondary N) is 2. The average Bonchev–Trinajstić information content (AvgIpc) is 1.86. The van der Waals surface area contributed by atoms with Crippen LogP contribution in [0, 0.1) is 0 Å². The molecule has 1 fully saturated rings. The van der Waals surface area contributed by atoms with E-state index in [0.717, 1.165) is 0 Å². The first-order valence-corrected chi connectivity index (χ1v) is 3.87. The van der Waals surface area contributed by atoms with Crippen molar-refractivity contribution in [2.75, 3.05) is 7.05 Å². The summed E-state index contributed by atoms with van der Waals surface area (Å²) < 4.78 is 2.19. The van der Waals surface area contributed by atoms with Crippen LogP contribution in [0.15, 0.2) is 0 Å². The van der Waals surface area contributed by atoms with Crippen molar-refractivity contribution in [3.8, 4) is 0 Å². The predicted molar refractivity (Wildman–Crippen MR) is 30.2 cm³/mol. The molecule has 0 aromatic heterocycles. The normalized spacial score (nSPS) is 29.5. The summed E-state index contributed by atoms with van der Waals surface area (Å²) in [5, 5.41) is 3.05. The van der Waals surface area contributed by atoms with Crippen molar-refractivity contribution >= 4 is 22.0 Å². The van der Waals surface area contributed by atoms with Crippen LogP contribution in [0.5, 0.6) is 0 Å². The number of rotatable bonds is 0. The van der Waals surface area contributed by atoms with Gasteiger partial charge in [-0.15, -0.1) is 0 Å². The van der Waals surface area contributed by atoms with E-state index in [1.807, 2.05) is 0 Å². The van der Waals surface area contributed by atoms with Crippen molar-refractivity contribution < 1.29 is 0 Å². The van der Waals surface area contributed by atoms with E-state index in [2.05, 4.69) is 20.9 Å². The molecule has 1 aliphatic heterocycles. The second kappa shape index (κ2) is 1.94. The molecule has 5 heteroatoms. The fourth-order valence-electron chi connectivity index (χ4n) is 0.286. The monoisotopic (exact) mass is 121 g/mol. The van der Waals surface area contributed by atoms with Crippen LogP contribution in [0.1, 0.15) is 0 Å². The maximum atomic E-state index is 3.05. The highest BCUT2D eigenvalue weighted by molar-refractivity contribution is 7.96. The molecule has 0 aromatic rings. The maximum Gasteiger partial charge on any atom is 0.197 e. The Morgan fingerprint density at radius 2 is 2.67 bits per heavy atom. The molecule has 0 unspecified atom stereocenters. The van der Waals surface area contributed by atoms with Crippen LogP contribution >= 0.6 is 12.1 Å². The van der Waals surface area contributed by atoms with Gasteiger partial charge in [0.15, 0.2) is 9.84 Å². The first-order valence-electron chi connectivity index (χ1n) is 1.75. The van der Waals surface area contributed by atoms with E-state index in [1.54, 1.807) is 12.1 Å². The van der Waals surface area contributed by atoms with Crippen molar-refractivity contribution in [3.05, 3.63) is 0 Å². The molecule has 0 aliphatic carbocycles. The highest BCUT2D eigenvalue weighted by Gasteiger charge is 2.03. The third kappa shape index (κ3) is 0.953. The molecule has 0 radical (unpaired) electrons. The molecule has 0 amide bonds. The van der Waals surface area contributed by atoms with Crippen LogP contribution in [0.2, 0.25) is 0 Å². The van der Waals surface area contributed by atoms with Crippen LogP contribution in [-0.4, -0.2) is 20.9 Å². The Labute approximate surface area is 43.7 Å². The van der Waals surface area contributed by atoms with Gasteiger partial charge in [0.1, 0.15) is 0 Å². The lowest BCUT2D eigenvalue weighted by Gasteiger charge is -1.95. The summed E-state index contributed by atoms with van der Waals surface area (Å²) in [6.07, 6.45) is 0. The Morgan fingerprint density at radius 3 is 2.83 bits per heavy atom. The van der Waals surface area contributed by atoms with E-state index >= 15 is 0 Å². The second-order valence-corrected chi connectivity index (χ2v) is 4.24. The summed E-state index contributed by atoms with van der Waals surface area (Å²) >= 11 is 1.63. The van der Waals surface area contributed by atoms with Crippen molar-refractivity contribution in [1.29, 1.82) is 0 Å². The van der Waals surface area contributed by atoms with Crippen LogP contribution in [0.25, 0.3) is 0 Å². The van der Waals surface area contributed by atoms with Gasteiger partial charge in [-0.2, -0.15) is 4.83 Å². The first-order chi connectivity index (χ1) is 2.89. The maximum absolute atomic E-state index is 3.05. The van der Waals surface area contributed by atoms with Crippen molar-refractivity contribution in [2.45, 2.75) is 0 Å². The minimum Gasteiger partial charge on any atom is -0.258 e. The van der Waals surface area contributed by atoms with Gasteiger partial charge in [-0.25, -0.2) is 0 Å². The van der Waals surface area contributed by atoms with E-state index in [1.165, 1.54) is 0 Å². The molecule has 0 atom stereocenters. The molecule has 1 rings (SSSR count). The zero-order valence-corrected chi connectivity index (χ0v) is 5.79. The number of hydrazine groups is 1. The van der Waals surface area contributed by atoms with E-state index in [9.17, 15) is 0 Å². The Morgan fingerprint density at radius 1 is 1.83 bits per heavy atom. The molecule has 0 bridgehead atoms. The first kappa shape index (κ1) is 4.60. The van der Waals surface area contributed by atoms with Gasteiger partial charge in [0.05, 0.1) is 0 Å². The topological polar surface area (TPSA) is 27.3 Å². The summed E-state index contributed by atoms with van der Waals surface area (Å²) in [6.45, 7) is 0.